The zero-order valence-corrected chi connectivity index (χ0v) is 12.2. The second kappa shape index (κ2) is 8.60. The van der Waals surface area contributed by atoms with Gasteiger partial charge in [-0.05, 0) is 25.3 Å². The van der Waals surface area contributed by atoms with Crippen molar-refractivity contribution in [2.24, 2.45) is 0 Å². The van der Waals surface area contributed by atoms with Crippen LogP contribution in [0.5, 0.6) is 0 Å². The van der Waals surface area contributed by atoms with Crippen LogP contribution in [0, 0.1) is 12.3 Å². The van der Waals surface area contributed by atoms with Crippen molar-refractivity contribution in [3.8, 4) is 12.3 Å². The third-order valence-electron chi connectivity index (χ3n) is 2.96. The number of anilines is 1. The molecule has 0 fully saturated rings. The Morgan fingerprint density at radius 2 is 2.05 bits per heavy atom. The van der Waals surface area contributed by atoms with E-state index in [-0.39, 0.29) is 5.97 Å². The highest BCUT2D eigenvalue weighted by Gasteiger charge is 2.13. The van der Waals surface area contributed by atoms with Gasteiger partial charge in [0.1, 0.15) is 5.00 Å². The number of ether oxygens (including phenoxy) is 1. The minimum absolute atomic E-state index is 0.353. The third-order valence-corrected chi connectivity index (χ3v) is 3.99. The average molecular weight is 279 g/mol. The van der Waals surface area contributed by atoms with Crippen molar-refractivity contribution in [3.05, 3.63) is 16.5 Å². The maximum Gasteiger partial charge on any atom is 0.340 e. The molecule has 0 aromatic carbocycles. The fourth-order valence-electron chi connectivity index (χ4n) is 1.91. The van der Waals surface area contributed by atoms with E-state index in [1.54, 1.807) is 0 Å². The maximum atomic E-state index is 11.4. The summed E-state index contributed by atoms with van der Waals surface area (Å²) in [6, 6.07) is 1.85. The monoisotopic (exact) mass is 279 g/mol. The minimum Gasteiger partial charge on any atom is -0.465 e. The first-order valence-electron chi connectivity index (χ1n) is 6.59. The predicted octanol–water partition coefficient (Wildman–Crippen LogP) is 3.63. The molecular formula is C15H21NO2S. The molecule has 0 saturated heterocycles. The van der Waals surface area contributed by atoms with Crippen molar-refractivity contribution < 1.29 is 9.53 Å². The van der Waals surface area contributed by atoms with Gasteiger partial charge in [-0.25, -0.2) is 4.79 Å². The van der Waals surface area contributed by atoms with E-state index in [1.807, 2.05) is 6.07 Å². The highest BCUT2D eigenvalue weighted by atomic mass is 32.1. The molecule has 0 amide bonds. The molecule has 0 unspecified atom stereocenters. The van der Waals surface area contributed by atoms with Crippen LogP contribution in [-0.4, -0.2) is 13.1 Å². The number of thiophene rings is 1. The van der Waals surface area contributed by atoms with Crippen molar-refractivity contribution in [2.75, 3.05) is 12.8 Å². The molecular weight excluding hydrogens is 258 g/mol. The summed E-state index contributed by atoms with van der Waals surface area (Å²) in [5.74, 6) is 2.30. The van der Waals surface area contributed by atoms with Gasteiger partial charge in [-0.15, -0.1) is 23.7 Å². The number of aryl methyl sites for hydroxylation is 1. The molecule has 4 heteroatoms. The number of terminal acetylenes is 1. The number of esters is 1. The van der Waals surface area contributed by atoms with Gasteiger partial charge in [0.25, 0.3) is 0 Å². The Balaban J connectivity index is 2.27. The molecule has 1 aromatic rings. The summed E-state index contributed by atoms with van der Waals surface area (Å²) in [7, 11) is 1.37. The molecule has 3 nitrogen and oxygen atoms in total. The van der Waals surface area contributed by atoms with Crippen LogP contribution in [0.15, 0.2) is 6.07 Å². The first-order valence-corrected chi connectivity index (χ1v) is 7.40. The van der Waals surface area contributed by atoms with E-state index in [9.17, 15) is 4.79 Å². The van der Waals surface area contributed by atoms with Crippen LogP contribution in [0.2, 0.25) is 0 Å². The molecule has 0 aliphatic heterocycles. The third kappa shape index (κ3) is 5.35. The summed E-state index contributed by atoms with van der Waals surface area (Å²) in [6.45, 7) is 0. The number of methoxy groups -OCH3 is 1. The van der Waals surface area contributed by atoms with E-state index in [2.05, 4.69) is 10.7 Å². The lowest BCUT2D eigenvalue weighted by atomic mass is 10.1. The molecule has 2 N–H and O–H groups in total. The summed E-state index contributed by atoms with van der Waals surface area (Å²) in [6.07, 6.45) is 12.9. The smallest absolute Gasteiger partial charge is 0.340 e. The Morgan fingerprint density at radius 3 is 2.74 bits per heavy atom. The van der Waals surface area contributed by atoms with Gasteiger partial charge in [-0.2, -0.15) is 0 Å². The standard InChI is InChI=1S/C15H21NO2S/c1-3-4-5-6-7-8-9-10-12-11-13(14(16)19-12)15(17)18-2/h1,11H,4-10,16H2,2H3. The van der Waals surface area contributed by atoms with E-state index in [0.29, 0.717) is 10.6 Å². The van der Waals surface area contributed by atoms with E-state index < -0.39 is 0 Å². The van der Waals surface area contributed by atoms with Gasteiger partial charge in [0.2, 0.25) is 0 Å². The Kier molecular flexibility index (Phi) is 7.06. The fraction of sp³-hybridized carbons (Fsp3) is 0.533. The first-order chi connectivity index (χ1) is 9.19. The Bertz CT molecular complexity index is 445. The highest BCUT2D eigenvalue weighted by Crippen LogP contribution is 2.27. The normalized spacial score (nSPS) is 10.1. The van der Waals surface area contributed by atoms with Crippen LogP contribution < -0.4 is 5.73 Å². The number of carbonyl (C=O) groups excluding carboxylic acids is 1. The van der Waals surface area contributed by atoms with Gasteiger partial charge in [0, 0.05) is 11.3 Å². The van der Waals surface area contributed by atoms with Crippen molar-refractivity contribution >= 4 is 22.3 Å². The van der Waals surface area contributed by atoms with Crippen LogP contribution >= 0.6 is 11.3 Å². The number of rotatable bonds is 8. The SMILES string of the molecule is C#CCCCCCCCc1cc(C(=O)OC)c(N)s1. The zero-order chi connectivity index (χ0) is 14.1. The van der Waals surface area contributed by atoms with Crippen LogP contribution in [0.4, 0.5) is 5.00 Å². The number of unbranched alkanes of at least 4 members (excludes halogenated alkanes) is 5. The number of nitrogens with two attached hydrogens (primary N) is 1. The molecule has 0 atom stereocenters. The molecule has 1 rings (SSSR count). The Hall–Kier alpha value is -1.47. The molecule has 1 aromatic heterocycles. The molecule has 0 radical (unpaired) electrons. The van der Waals surface area contributed by atoms with Crippen molar-refractivity contribution in [1.29, 1.82) is 0 Å². The van der Waals surface area contributed by atoms with Crippen LogP contribution in [0.1, 0.15) is 53.8 Å². The summed E-state index contributed by atoms with van der Waals surface area (Å²) < 4.78 is 4.68. The van der Waals surface area contributed by atoms with Crippen LogP contribution in [-0.2, 0) is 11.2 Å². The van der Waals surface area contributed by atoms with Gasteiger partial charge in [-0.1, -0.05) is 19.3 Å². The molecule has 0 spiro atoms. The van der Waals surface area contributed by atoms with Gasteiger partial charge in [0.15, 0.2) is 0 Å². The van der Waals surface area contributed by atoms with E-state index in [0.717, 1.165) is 30.6 Å². The van der Waals surface area contributed by atoms with Crippen molar-refractivity contribution in [1.82, 2.24) is 0 Å². The van der Waals surface area contributed by atoms with Crippen molar-refractivity contribution in [2.45, 2.75) is 44.9 Å². The fourth-order valence-corrected chi connectivity index (χ4v) is 2.86. The Morgan fingerprint density at radius 1 is 1.37 bits per heavy atom. The van der Waals surface area contributed by atoms with Crippen LogP contribution in [0.25, 0.3) is 0 Å². The van der Waals surface area contributed by atoms with Gasteiger partial charge in [-0.3, -0.25) is 0 Å². The minimum atomic E-state index is -0.353. The molecule has 0 saturated carbocycles. The zero-order valence-electron chi connectivity index (χ0n) is 11.4. The Labute approximate surface area is 119 Å². The maximum absolute atomic E-state index is 11.4. The molecule has 1 heterocycles. The molecule has 19 heavy (non-hydrogen) atoms. The number of hydrogen-bond donors (Lipinski definition) is 1. The highest BCUT2D eigenvalue weighted by molar-refractivity contribution is 7.16. The lowest BCUT2D eigenvalue weighted by Gasteiger charge is -1.99. The number of nitrogen functional groups attached to an aromatic ring is 1. The molecule has 0 aliphatic rings. The topological polar surface area (TPSA) is 52.3 Å². The van der Waals surface area contributed by atoms with Gasteiger partial charge in [0.05, 0.1) is 12.7 Å². The molecule has 104 valence electrons. The number of carbonyl (C=O) groups is 1. The van der Waals surface area contributed by atoms with E-state index in [1.165, 1.54) is 37.7 Å². The summed E-state index contributed by atoms with van der Waals surface area (Å²) in [5.41, 5.74) is 6.30. The average Bonchev–Trinajstić information content (AvgIpc) is 2.78. The van der Waals surface area contributed by atoms with Crippen LogP contribution in [0.3, 0.4) is 0 Å². The largest absolute Gasteiger partial charge is 0.465 e. The van der Waals surface area contributed by atoms with Gasteiger partial charge < -0.3 is 10.5 Å². The molecule has 0 bridgehead atoms. The first kappa shape index (κ1) is 15.6. The second-order valence-electron chi connectivity index (χ2n) is 4.45. The summed E-state index contributed by atoms with van der Waals surface area (Å²) >= 11 is 1.48. The predicted molar refractivity (Wildman–Crippen MR) is 80.3 cm³/mol. The van der Waals surface area contributed by atoms with Crippen molar-refractivity contribution in [3.63, 3.8) is 0 Å². The van der Waals surface area contributed by atoms with E-state index in [4.69, 9.17) is 12.2 Å². The van der Waals surface area contributed by atoms with Gasteiger partial charge >= 0.3 is 5.97 Å². The lowest BCUT2D eigenvalue weighted by Crippen LogP contribution is -2.01. The quantitative estimate of drug-likeness (QED) is 0.449. The number of hydrogen-bond acceptors (Lipinski definition) is 4. The lowest BCUT2D eigenvalue weighted by molar-refractivity contribution is 0.0602. The second-order valence-corrected chi connectivity index (χ2v) is 5.62. The summed E-state index contributed by atoms with van der Waals surface area (Å²) in [4.78, 5) is 12.6. The molecule has 0 aliphatic carbocycles. The summed E-state index contributed by atoms with van der Waals surface area (Å²) in [5, 5.41) is 0.552. The van der Waals surface area contributed by atoms with E-state index >= 15 is 0 Å².